The third-order valence-electron chi connectivity index (χ3n) is 4.74. The molecule has 6 heteroatoms. The Morgan fingerprint density at radius 2 is 1.90 bits per heavy atom. The summed E-state index contributed by atoms with van der Waals surface area (Å²) >= 11 is 3.57. The second-order valence-electron chi connectivity index (χ2n) is 8.26. The van der Waals surface area contributed by atoms with Gasteiger partial charge in [-0.1, -0.05) is 48.5 Å². The van der Waals surface area contributed by atoms with Crippen LogP contribution in [0.25, 0.3) is 5.57 Å². The smallest absolute Gasteiger partial charge is 0.410 e. The number of aliphatic hydroxyl groups excluding tert-OH is 1. The van der Waals surface area contributed by atoms with Crippen molar-refractivity contribution >= 4 is 27.6 Å². The van der Waals surface area contributed by atoms with E-state index in [0.717, 1.165) is 21.2 Å². The lowest BCUT2D eigenvalue weighted by atomic mass is 9.98. The molecule has 0 spiro atoms. The number of hydrogen-bond donors (Lipinski definition) is 1. The van der Waals surface area contributed by atoms with Gasteiger partial charge in [0.15, 0.2) is 0 Å². The molecule has 0 saturated heterocycles. The van der Waals surface area contributed by atoms with Crippen molar-refractivity contribution in [2.75, 3.05) is 19.7 Å². The molecule has 1 aliphatic rings. The standard InChI is InChI=1S/C24H28BrNO4/c1-24(2,3)30-23(28)26-14-12-17(13-15-26)19-10-7-11-20(25)22(19)29-16-21(27)18-8-5-4-6-9-18/h4-12,21,27H,13-16H2,1-3H3. The SMILES string of the molecule is CC(C)(C)OC(=O)N1CC=C(c2cccc(Br)c2OCC(O)c2ccccc2)CC1. The highest BCUT2D eigenvalue weighted by Gasteiger charge is 2.25. The fraction of sp³-hybridized carbons (Fsp3) is 0.375. The lowest BCUT2D eigenvalue weighted by Gasteiger charge is -2.30. The number of ether oxygens (including phenoxy) is 2. The summed E-state index contributed by atoms with van der Waals surface area (Å²) in [5.41, 5.74) is 2.39. The van der Waals surface area contributed by atoms with E-state index in [0.29, 0.717) is 25.3 Å². The lowest BCUT2D eigenvalue weighted by Crippen LogP contribution is -2.39. The molecule has 0 saturated carbocycles. The van der Waals surface area contributed by atoms with Gasteiger partial charge < -0.3 is 19.5 Å². The lowest BCUT2D eigenvalue weighted by molar-refractivity contribution is 0.0270. The molecule has 0 bridgehead atoms. The number of halogens is 1. The maximum atomic E-state index is 12.3. The van der Waals surface area contributed by atoms with Crippen molar-refractivity contribution < 1.29 is 19.4 Å². The summed E-state index contributed by atoms with van der Waals surface area (Å²) in [6.07, 6.45) is 1.73. The predicted octanol–water partition coefficient (Wildman–Crippen LogP) is 5.59. The average molecular weight is 474 g/mol. The zero-order chi connectivity index (χ0) is 21.7. The van der Waals surface area contributed by atoms with Crippen LogP contribution in [0.4, 0.5) is 4.79 Å². The number of carbonyl (C=O) groups is 1. The van der Waals surface area contributed by atoms with Crippen LogP contribution >= 0.6 is 15.9 Å². The van der Waals surface area contributed by atoms with Gasteiger partial charge >= 0.3 is 6.09 Å². The first-order valence-electron chi connectivity index (χ1n) is 10.1. The van der Waals surface area contributed by atoms with Crippen molar-refractivity contribution in [3.05, 3.63) is 70.2 Å². The zero-order valence-corrected chi connectivity index (χ0v) is 19.2. The number of amides is 1. The third kappa shape index (κ3) is 5.86. The number of rotatable bonds is 5. The normalized spacial score (nSPS) is 15.4. The highest BCUT2D eigenvalue weighted by Crippen LogP contribution is 2.36. The summed E-state index contributed by atoms with van der Waals surface area (Å²) in [5.74, 6) is 0.699. The van der Waals surface area contributed by atoms with Crippen molar-refractivity contribution in [1.29, 1.82) is 0 Å². The van der Waals surface area contributed by atoms with Gasteiger partial charge in [-0.15, -0.1) is 0 Å². The number of benzene rings is 2. The summed E-state index contributed by atoms with van der Waals surface area (Å²) in [5, 5.41) is 10.4. The molecule has 1 unspecified atom stereocenters. The van der Waals surface area contributed by atoms with Gasteiger partial charge in [-0.2, -0.15) is 0 Å². The van der Waals surface area contributed by atoms with E-state index in [1.165, 1.54) is 0 Å². The van der Waals surface area contributed by atoms with Gasteiger partial charge in [-0.25, -0.2) is 4.79 Å². The Labute approximate surface area is 186 Å². The van der Waals surface area contributed by atoms with Gasteiger partial charge in [0.25, 0.3) is 0 Å². The van der Waals surface area contributed by atoms with Gasteiger partial charge in [0.1, 0.15) is 24.1 Å². The van der Waals surface area contributed by atoms with Crippen LogP contribution in [-0.4, -0.2) is 41.4 Å². The fourth-order valence-electron chi connectivity index (χ4n) is 3.25. The molecule has 160 valence electrons. The highest BCUT2D eigenvalue weighted by atomic mass is 79.9. The number of aliphatic hydroxyl groups is 1. The van der Waals surface area contributed by atoms with Crippen molar-refractivity contribution in [1.82, 2.24) is 4.90 Å². The van der Waals surface area contributed by atoms with Crippen molar-refractivity contribution in [3.8, 4) is 5.75 Å². The van der Waals surface area contributed by atoms with Crippen LogP contribution in [0, 0.1) is 0 Å². The van der Waals surface area contributed by atoms with Crippen LogP contribution in [0.3, 0.4) is 0 Å². The molecule has 3 rings (SSSR count). The summed E-state index contributed by atoms with van der Waals surface area (Å²) < 4.78 is 12.3. The molecule has 1 atom stereocenters. The third-order valence-corrected chi connectivity index (χ3v) is 5.37. The van der Waals surface area contributed by atoms with Crippen molar-refractivity contribution in [2.24, 2.45) is 0 Å². The Balaban J connectivity index is 1.71. The topological polar surface area (TPSA) is 59.0 Å². The quantitative estimate of drug-likeness (QED) is 0.614. The van der Waals surface area contributed by atoms with Crippen LogP contribution < -0.4 is 4.74 Å². The Bertz CT molecular complexity index is 905. The predicted molar refractivity (Wildman–Crippen MR) is 121 cm³/mol. The molecular weight excluding hydrogens is 446 g/mol. The van der Waals surface area contributed by atoms with Gasteiger partial charge in [-0.05, 0) is 60.3 Å². The highest BCUT2D eigenvalue weighted by molar-refractivity contribution is 9.10. The molecule has 0 radical (unpaired) electrons. The van der Waals surface area contributed by atoms with Gasteiger partial charge in [-0.3, -0.25) is 0 Å². The van der Waals surface area contributed by atoms with E-state index < -0.39 is 11.7 Å². The second-order valence-corrected chi connectivity index (χ2v) is 9.11. The molecule has 2 aromatic carbocycles. The molecule has 2 aromatic rings. The van der Waals surface area contributed by atoms with Crippen LogP contribution in [0.15, 0.2) is 59.1 Å². The Morgan fingerprint density at radius 1 is 1.17 bits per heavy atom. The zero-order valence-electron chi connectivity index (χ0n) is 17.6. The number of nitrogens with zero attached hydrogens (tertiary/aromatic N) is 1. The van der Waals surface area contributed by atoms with E-state index in [-0.39, 0.29) is 12.7 Å². The molecule has 0 aromatic heterocycles. The maximum absolute atomic E-state index is 12.3. The molecule has 1 heterocycles. The minimum atomic E-state index is -0.714. The fourth-order valence-corrected chi connectivity index (χ4v) is 3.73. The van der Waals surface area contributed by atoms with E-state index >= 15 is 0 Å². The van der Waals surface area contributed by atoms with Crippen LogP contribution in [-0.2, 0) is 4.74 Å². The minimum absolute atomic E-state index is 0.150. The Kier molecular flexibility index (Phi) is 7.21. The summed E-state index contributed by atoms with van der Waals surface area (Å²) in [7, 11) is 0. The molecule has 1 amide bonds. The van der Waals surface area contributed by atoms with Crippen LogP contribution in [0.2, 0.25) is 0 Å². The van der Waals surface area contributed by atoms with Gasteiger partial charge in [0, 0.05) is 18.7 Å². The molecule has 30 heavy (non-hydrogen) atoms. The number of para-hydroxylation sites is 1. The van der Waals surface area contributed by atoms with E-state index in [4.69, 9.17) is 9.47 Å². The van der Waals surface area contributed by atoms with Crippen LogP contribution in [0.1, 0.15) is 44.4 Å². The van der Waals surface area contributed by atoms with Crippen molar-refractivity contribution in [2.45, 2.75) is 38.9 Å². The number of hydrogen-bond acceptors (Lipinski definition) is 4. The van der Waals surface area contributed by atoms with E-state index in [2.05, 4.69) is 15.9 Å². The second kappa shape index (κ2) is 9.67. The minimum Gasteiger partial charge on any atom is -0.489 e. The molecule has 5 nitrogen and oxygen atoms in total. The first-order valence-corrected chi connectivity index (χ1v) is 10.9. The summed E-state index contributed by atoms with van der Waals surface area (Å²) in [6, 6.07) is 15.3. The van der Waals surface area contributed by atoms with Crippen molar-refractivity contribution in [3.63, 3.8) is 0 Å². The van der Waals surface area contributed by atoms with E-state index in [1.54, 1.807) is 4.90 Å². The Morgan fingerprint density at radius 3 is 2.53 bits per heavy atom. The maximum Gasteiger partial charge on any atom is 0.410 e. The van der Waals surface area contributed by atoms with E-state index in [1.807, 2.05) is 75.4 Å². The molecule has 1 N–H and O–H groups in total. The first kappa shape index (κ1) is 22.4. The molecular formula is C24H28BrNO4. The van der Waals surface area contributed by atoms with Crippen LogP contribution in [0.5, 0.6) is 5.75 Å². The summed E-state index contributed by atoms with van der Waals surface area (Å²) in [4.78, 5) is 14.0. The molecule has 1 aliphatic heterocycles. The first-order chi connectivity index (χ1) is 14.2. The van der Waals surface area contributed by atoms with Gasteiger partial charge in [0.2, 0.25) is 0 Å². The molecule has 0 fully saturated rings. The molecule has 0 aliphatic carbocycles. The Hall–Kier alpha value is -2.31. The van der Waals surface area contributed by atoms with Gasteiger partial charge in [0.05, 0.1) is 4.47 Å². The number of carbonyl (C=O) groups excluding carboxylic acids is 1. The van der Waals surface area contributed by atoms with E-state index in [9.17, 15) is 9.90 Å². The largest absolute Gasteiger partial charge is 0.489 e. The average Bonchev–Trinajstić information content (AvgIpc) is 2.72. The summed E-state index contributed by atoms with van der Waals surface area (Å²) in [6.45, 7) is 6.82. The monoisotopic (exact) mass is 473 g/mol.